The molecule has 0 bridgehead atoms. The Balaban J connectivity index is 2.13. The van der Waals surface area contributed by atoms with Crippen molar-refractivity contribution in [1.29, 1.82) is 0 Å². The van der Waals surface area contributed by atoms with Crippen LogP contribution in [0, 0.1) is 5.92 Å². The van der Waals surface area contributed by atoms with Crippen molar-refractivity contribution in [2.24, 2.45) is 11.7 Å². The third kappa shape index (κ3) is 1.74. The second kappa shape index (κ2) is 3.98. The lowest BCUT2D eigenvalue weighted by Gasteiger charge is -2.32. The zero-order valence-electron chi connectivity index (χ0n) is 8.36. The molecule has 2 rings (SSSR count). The average molecular weight is 192 g/mol. The van der Waals surface area contributed by atoms with E-state index in [4.69, 9.17) is 10.5 Å². The second-order valence-corrected chi connectivity index (χ2v) is 3.72. The van der Waals surface area contributed by atoms with Gasteiger partial charge in [-0.25, -0.2) is 0 Å². The third-order valence-corrected chi connectivity index (χ3v) is 2.80. The number of ether oxygens (including phenoxy) is 1. The van der Waals surface area contributed by atoms with Crippen LogP contribution in [0.3, 0.4) is 0 Å². The highest BCUT2D eigenvalue weighted by atomic mass is 16.5. The minimum Gasteiger partial charge on any atom is -0.497 e. The summed E-state index contributed by atoms with van der Waals surface area (Å²) >= 11 is 0. The standard InChI is InChI=1S/C11H16N2O/c1-14-10-4-2-3-8(5-10)11(12)9-6-13-7-9/h2-5,9,11,13H,6-7,12H2,1H3. The molecule has 1 aromatic carbocycles. The smallest absolute Gasteiger partial charge is 0.119 e. The predicted octanol–water partition coefficient (Wildman–Crippen LogP) is 0.914. The zero-order valence-corrected chi connectivity index (χ0v) is 8.36. The Morgan fingerprint density at radius 2 is 2.29 bits per heavy atom. The van der Waals surface area contributed by atoms with Crippen LogP contribution in [0.1, 0.15) is 11.6 Å². The van der Waals surface area contributed by atoms with Crippen molar-refractivity contribution in [3.63, 3.8) is 0 Å². The van der Waals surface area contributed by atoms with Gasteiger partial charge in [-0.15, -0.1) is 0 Å². The summed E-state index contributed by atoms with van der Waals surface area (Å²) in [5.74, 6) is 1.45. The van der Waals surface area contributed by atoms with Crippen molar-refractivity contribution in [2.45, 2.75) is 6.04 Å². The van der Waals surface area contributed by atoms with Gasteiger partial charge in [0.15, 0.2) is 0 Å². The van der Waals surface area contributed by atoms with Crippen molar-refractivity contribution >= 4 is 0 Å². The Kier molecular flexibility index (Phi) is 2.70. The van der Waals surface area contributed by atoms with Gasteiger partial charge < -0.3 is 15.8 Å². The molecule has 1 aromatic rings. The van der Waals surface area contributed by atoms with Crippen molar-refractivity contribution in [3.8, 4) is 5.75 Å². The van der Waals surface area contributed by atoms with Gasteiger partial charge in [0.25, 0.3) is 0 Å². The van der Waals surface area contributed by atoms with Crippen molar-refractivity contribution < 1.29 is 4.74 Å². The molecule has 1 fully saturated rings. The Bertz CT molecular complexity index is 310. The lowest BCUT2D eigenvalue weighted by atomic mass is 9.89. The van der Waals surface area contributed by atoms with Gasteiger partial charge in [0.2, 0.25) is 0 Å². The van der Waals surface area contributed by atoms with E-state index in [1.54, 1.807) is 7.11 Å². The van der Waals surface area contributed by atoms with Crippen LogP contribution in [-0.2, 0) is 0 Å². The number of benzene rings is 1. The summed E-state index contributed by atoms with van der Waals surface area (Å²) in [7, 11) is 1.68. The highest BCUT2D eigenvalue weighted by Crippen LogP contribution is 2.25. The van der Waals surface area contributed by atoms with Gasteiger partial charge in [-0.2, -0.15) is 0 Å². The van der Waals surface area contributed by atoms with Crippen molar-refractivity contribution in [2.75, 3.05) is 20.2 Å². The summed E-state index contributed by atoms with van der Waals surface area (Å²) in [6.45, 7) is 2.05. The lowest BCUT2D eigenvalue weighted by Crippen LogP contribution is -2.47. The van der Waals surface area contributed by atoms with E-state index in [1.807, 2.05) is 18.2 Å². The molecule has 3 heteroatoms. The molecule has 3 N–H and O–H groups in total. The van der Waals surface area contributed by atoms with E-state index in [9.17, 15) is 0 Å². The van der Waals surface area contributed by atoms with Gasteiger partial charge >= 0.3 is 0 Å². The van der Waals surface area contributed by atoms with Gasteiger partial charge in [-0.05, 0) is 17.7 Å². The number of hydrogen-bond acceptors (Lipinski definition) is 3. The number of nitrogens with two attached hydrogens (primary N) is 1. The summed E-state index contributed by atoms with van der Waals surface area (Å²) in [6, 6.07) is 8.13. The molecule has 1 aliphatic heterocycles. The highest BCUT2D eigenvalue weighted by molar-refractivity contribution is 5.31. The number of hydrogen-bond donors (Lipinski definition) is 2. The van der Waals surface area contributed by atoms with Crippen molar-refractivity contribution in [1.82, 2.24) is 5.32 Å². The number of rotatable bonds is 3. The molecule has 0 aromatic heterocycles. The summed E-state index contributed by atoms with van der Waals surface area (Å²) in [4.78, 5) is 0. The maximum atomic E-state index is 6.13. The van der Waals surface area contributed by atoms with Gasteiger partial charge in [-0.1, -0.05) is 12.1 Å². The zero-order chi connectivity index (χ0) is 9.97. The van der Waals surface area contributed by atoms with E-state index in [1.165, 1.54) is 0 Å². The summed E-state index contributed by atoms with van der Waals surface area (Å²) in [6.07, 6.45) is 0. The number of methoxy groups -OCH3 is 1. The molecule has 1 aliphatic rings. The van der Waals surface area contributed by atoms with Crippen LogP contribution in [0.5, 0.6) is 5.75 Å². The molecule has 0 saturated carbocycles. The van der Waals surface area contributed by atoms with Gasteiger partial charge in [0.05, 0.1) is 7.11 Å². The topological polar surface area (TPSA) is 47.3 Å². The minimum absolute atomic E-state index is 0.131. The molecule has 76 valence electrons. The monoisotopic (exact) mass is 192 g/mol. The van der Waals surface area contributed by atoms with Crippen LogP contribution in [-0.4, -0.2) is 20.2 Å². The molecule has 1 saturated heterocycles. The first-order valence-corrected chi connectivity index (χ1v) is 4.91. The molecular weight excluding hydrogens is 176 g/mol. The van der Waals surface area contributed by atoms with Crippen LogP contribution >= 0.6 is 0 Å². The summed E-state index contributed by atoms with van der Waals surface area (Å²) in [5, 5.41) is 3.23. The maximum Gasteiger partial charge on any atom is 0.119 e. The normalized spacial score (nSPS) is 18.7. The van der Waals surface area contributed by atoms with E-state index in [2.05, 4.69) is 11.4 Å². The predicted molar refractivity (Wildman–Crippen MR) is 56.3 cm³/mol. The van der Waals surface area contributed by atoms with Crippen LogP contribution in [0.2, 0.25) is 0 Å². The first kappa shape index (κ1) is 9.49. The molecule has 14 heavy (non-hydrogen) atoms. The van der Waals surface area contributed by atoms with E-state index in [0.29, 0.717) is 5.92 Å². The molecule has 0 radical (unpaired) electrons. The third-order valence-electron chi connectivity index (χ3n) is 2.80. The first-order valence-electron chi connectivity index (χ1n) is 4.91. The Hall–Kier alpha value is -1.06. The molecule has 1 atom stereocenters. The molecule has 3 nitrogen and oxygen atoms in total. The summed E-state index contributed by atoms with van der Waals surface area (Å²) in [5.41, 5.74) is 7.29. The molecule has 0 spiro atoms. The van der Waals surface area contributed by atoms with E-state index in [-0.39, 0.29) is 6.04 Å². The highest BCUT2D eigenvalue weighted by Gasteiger charge is 2.25. The van der Waals surface area contributed by atoms with E-state index in [0.717, 1.165) is 24.4 Å². The van der Waals surface area contributed by atoms with Gasteiger partial charge in [-0.3, -0.25) is 0 Å². The van der Waals surface area contributed by atoms with E-state index >= 15 is 0 Å². The van der Waals surface area contributed by atoms with Crippen molar-refractivity contribution in [3.05, 3.63) is 29.8 Å². The SMILES string of the molecule is COc1cccc(C(N)C2CNC2)c1. The molecule has 0 aliphatic carbocycles. The fourth-order valence-electron chi connectivity index (χ4n) is 1.69. The van der Waals surface area contributed by atoms with Gasteiger partial charge in [0, 0.05) is 25.0 Å². The molecule has 1 heterocycles. The van der Waals surface area contributed by atoms with E-state index < -0.39 is 0 Å². The fraction of sp³-hybridized carbons (Fsp3) is 0.455. The first-order chi connectivity index (χ1) is 6.81. The molecule has 0 amide bonds. The van der Waals surface area contributed by atoms with Crippen LogP contribution in [0.25, 0.3) is 0 Å². The van der Waals surface area contributed by atoms with Crippen LogP contribution < -0.4 is 15.8 Å². The Morgan fingerprint density at radius 1 is 1.50 bits per heavy atom. The largest absolute Gasteiger partial charge is 0.497 e. The fourth-order valence-corrected chi connectivity index (χ4v) is 1.69. The van der Waals surface area contributed by atoms with Crippen LogP contribution in [0.4, 0.5) is 0 Å². The molecule has 1 unspecified atom stereocenters. The average Bonchev–Trinajstić information content (AvgIpc) is 2.15. The second-order valence-electron chi connectivity index (χ2n) is 3.72. The van der Waals surface area contributed by atoms with Gasteiger partial charge in [0.1, 0.15) is 5.75 Å². The maximum absolute atomic E-state index is 6.13. The quantitative estimate of drug-likeness (QED) is 0.748. The number of nitrogens with one attached hydrogen (secondary N) is 1. The Morgan fingerprint density at radius 3 is 2.86 bits per heavy atom. The summed E-state index contributed by atoms with van der Waals surface area (Å²) < 4.78 is 5.17. The molecular formula is C11H16N2O. The van der Waals surface area contributed by atoms with Crippen LogP contribution in [0.15, 0.2) is 24.3 Å². The lowest BCUT2D eigenvalue weighted by molar-refractivity contribution is 0.294. The Labute approximate surface area is 84.3 Å². The minimum atomic E-state index is 0.131.